The van der Waals surface area contributed by atoms with Crippen molar-refractivity contribution in [1.29, 1.82) is 0 Å². The molecule has 0 bridgehead atoms. The van der Waals surface area contributed by atoms with E-state index < -0.39 is 17.9 Å². The first-order chi connectivity index (χ1) is 19.4. The van der Waals surface area contributed by atoms with Crippen LogP contribution in [0.25, 0.3) is 11.3 Å². The van der Waals surface area contributed by atoms with Crippen molar-refractivity contribution in [2.75, 3.05) is 28.6 Å². The van der Waals surface area contributed by atoms with Gasteiger partial charge >= 0.3 is 6.03 Å². The molecule has 10 nitrogen and oxygen atoms in total. The summed E-state index contributed by atoms with van der Waals surface area (Å²) in [6.45, 7) is 1.97. The summed E-state index contributed by atoms with van der Waals surface area (Å²) in [5.41, 5.74) is 3.84. The van der Waals surface area contributed by atoms with Gasteiger partial charge in [-0.2, -0.15) is 5.10 Å². The topological polar surface area (TPSA) is 113 Å². The van der Waals surface area contributed by atoms with E-state index in [0.717, 1.165) is 37.2 Å². The molecule has 0 saturated carbocycles. The Kier molecular flexibility index (Phi) is 6.77. The Labute approximate surface area is 230 Å². The van der Waals surface area contributed by atoms with E-state index in [0.29, 0.717) is 22.7 Å². The summed E-state index contributed by atoms with van der Waals surface area (Å²) in [6.07, 6.45) is 8.65. The molecule has 2 aromatic carbocycles. The summed E-state index contributed by atoms with van der Waals surface area (Å²) in [7, 11) is 1.82. The van der Waals surface area contributed by atoms with Crippen molar-refractivity contribution < 1.29 is 18.7 Å². The SMILES string of the molecule is Cn1cc(-c2cc(Oc3ccc(NC(=O)NC4C(=O)Nc5cc(N6CCCCC6)ccc54)c(F)c3)ccn2)cn1. The van der Waals surface area contributed by atoms with Gasteiger partial charge in [-0.3, -0.25) is 14.5 Å². The van der Waals surface area contributed by atoms with Gasteiger partial charge in [0, 0.05) is 67.2 Å². The number of piperidine rings is 1. The van der Waals surface area contributed by atoms with Crippen molar-refractivity contribution >= 4 is 29.0 Å². The zero-order valence-electron chi connectivity index (χ0n) is 21.9. The third-order valence-electron chi connectivity index (χ3n) is 7.02. The van der Waals surface area contributed by atoms with E-state index >= 15 is 0 Å². The molecule has 0 radical (unpaired) electrons. The van der Waals surface area contributed by atoms with Crippen LogP contribution in [0.3, 0.4) is 0 Å². The number of urea groups is 1. The molecule has 0 spiro atoms. The van der Waals surface area contributed by atoms with Crippen molar-refractivity contribution in [3.8, 4) is 22.8 Å². The molecule has 4 aromatic rings. The van der Waals surface area contributed by atoms with Crippen LogP contribution in [-0.2, 0) is 11.8 Å². The Bertz CT molecular complexity index is 1580. The summed E-state index contributed by atoms with van der Waals surface area (Å²) in [4.78, 5) is 32.0. The lowest BCUT2D eigenvalue weighted by atomic mass is 10.1. The molecule has 40 heavy (non-hydrogen) atoms. The van der Waals surface area contributed by atoms with Crippen molar-refractivity contribution in [1.82, 2.24) is 20.1 Å². The third kappa shape index (κ3) is 5.31. The number of carbonyl (C=O) groups excluding carboxylic acids is 2. The Balaban J connectivity index is 1.10. The van der Waals surface area contributed by atoms with Gasteiger partial charge in [-0.25, -0.2) is 9.18 Å². The number of aryl methyl sites for hydroxylation is 1. The number of anilines is 3. The summed E-state index contributed by atoms with van der Waals surface area (Å²) < 4.78 is 22.4. The van der Waals surface area contributed by atoms with E-state index in [1.54, 1.807) is 35.3 Å². The molecule has 1 atom stereocenters. The van der Waals surface area contributed by atoms with E-state index in [-0.39, 0.29) is 17.3 Å². The number of carbonyl (C=O) groups is 2. The molecule has 3 amide bonds. The minimum atomic E-state index is -0.878. The number of rotatable bonds is 6. The molecule has 1 unspecified atom stereocenters. The summed E-state index contributed by atoms with van der Waals surface area (Å²) in [5, 5.41) is 12.1. The number of fused-ring (bicyclic) bond motifs is 1. The van der Waals surface area contributed by atoms with Gasteiger partial charge in [-0.05, 0) is 49.6 Å². The van der Waals surface area contributed by atoms with Gasteiger partial charge < -0.3 is 25.6 Å². The van der Waals surface area contributed by atoms with Crippen LogP contribution in [0.5, 0.6) is 11.5 Å². The number of hydrogen-bond donors (Lipinski definition) is 3. The zero-order valence-corrected chi connectivity index (χ0v) is 21.9. The zero-order chi connectivity index (χ0) is 27.6. The molecule has 11 heteroatoms. The van der Waals surface area contributed by atoms with Gasteiger partial charge in [0.1, 0.15) is 23.4 Å². The average Bonchev–Trinajstić information content (AvgIpc) is 3.53. The van der Waals surface area contributed by atoms with Crippen LogP contribution in [0.15, 0.2) is 67.1 Å². The maximum Gasteiger partial charge on any atom is 0.320 e. The van der Waals surface area contributed by atoms with Crippen LogP contribution in [0.4, 0.5) is 26.2 Å². The molecule has 2 aromatic heterocycles. The number of nitrogens with one attached hydrogen (secondary N) is 3. The van der Waals surface area contributed by atoms with Crippen LogP contribution in [0.1, 0.15) is 30.9 Å². The third-order valence-corrected chi connectivity index (χ3v) is 7.02. The Hall–Kier alpha value is -4.93. The maximum atomic E-state index is 14.9. The van der Waals surface area contributed by atoms with Crippen molar-refractivity contribution in [2.45, 2.75) is 25.3 Å². The molecule has 1 fully saturated rings. The molecule has 3 N–H and O–H groups in total. The molecular formula is C29H28FN7O3. The van der Waals surface area contributed by atoms with Crippen LogP contribution >= 0.6 is 0 Å². The molecule has 6 rings (SSSR count). The van der Waals surface area contributed by atoms with Gasteiger partial charge in [0.25, 0.3) is 5.91 Å². The standard InChI is InChI=1S/C29H28FN7O3/c1-36-17-18(16-32-36)25-15-21(9-10-31-25)40-20-6-8-24(23(30)14-20)34-29(39)35-27-22-7-5-19(13-26(22)33-28(27)38)37-11-3-2-4-12-37/h5-10,13-17,27H,2-4,11-12H2,1H3,(H,33,38)(H2,34,35,39). The summed E-state index contributed by atoms with van der Waals surface area (Å²) in [5.74, 6) is -0.300. The van der Waals surface area contributed by atoms with E-state index in [2.05, 4.69) is 30.9 Å². The highest BCUT2D eigenvalue weighted by Gasteiger charge is 2.32. The van der Waals surface area contributed by atoms with Gasteiger partial charge in [-0.1, -0.05) is 6.07 Å². The van der Waals surface area contributed by atoms with Crippen LogP contribution in [0, 0.1) is 5.82 Å². The Morgan fingerprint density at radius 3 is 2.67 bits per heavy atom. The molecule has 204 valence electrons. The van der Waals surface area contributed by atoms with Crippen molar-refractivity contribution in [2.24, 2.45) is 7.05 Å². The number of benzene rings is 2. The lowest BCUT2D eigenvalue weighted by Gasteiger charge is -2.29. The molecule has 2 aliphatic heterocycles. The lowest BCUT2D eigenvalue weighted by molar-refractivity contribution is -0.117. The number of amides is 3. The molecular weight excluding hydrogens is 513 g/mol. The molecule has 2 aliphatic rings. The van der Waals surface area contributed by atoms with E-state index in [9.17, 15) is 14.0 Å². The van der Waals surface area contributed by atoms with Gasteiger partial charge in [0.05, 0.1) is 17.6 Å². The van der Waals surface area contributed by atoms with Gasteiger partial charge in [0.15, 0.2) is 0 Å². The first-order valence-corrected chi connectivity index (χ1v) is 13.1. The number of halogens is 1. The van der Waals surface area contributed by atoms with Crippen LogP contribution in [-0.4, -0.2) is 39.8 Å². The van der Waals surface area contributed by atoms with E-state index in [1.807, 2.05) is 31.4 Å². The van der Waals surface area contributed by atoms with E-state index in [1.165, 1.54) is 18.6 Å². The van der Waals surface area contributed by atoms with Crippen molar-refractivity contribution in [3.05, 3.63) is 78.5 Å². The van der Waals surface area contributed by atoms with Crippen LogP contribution < -0.4 is 25.6 Å². The van der Waals surface area contributed by atoms with Gasteiger partial charge in [-0.15, -0.1) is 0 Å². The number of aromatic nitrogens is 3. The first kappa shape index (κ1) is 25.4. The van der Waals surface area contributed by atoms with E-state index in [4.69, 9.17) is 4.74 Å². The van der Waals surface area contributed by atoms with Gasteiger partial charge in [0.2, 0.25) is 0 Å². The normalized spacial score (nSPS) is 16.3. The maximum absolute atomic E-state index is 14.9. The number of nitrogens with zero attached hydrogens (tertiary/aromatic N) is 4. The fourth-order valence-corrected chi connectivity index (χ4v) is 5.01. The highest BCUT2D eigenvalue weighted by molar-refractivity contribution is 6.05. The number of pyridine rings is 1. The summed E-state index contributed by atoms with van der Waals surface area (Å²) >= 11 is 0. The minimum absolute atomic E-state index is 0.0466. The molecule has 4 heterocycles. The predicted molar refractivity (Wildman–Crippen MR) is 149 cm³/mol. The van der Waals surface area contributed by atoms with Crippen LogP contribution in [0.2, 0.25) is 0 Å². The molecule has 1 saturated heterocycles. The molecule has 0 aliphatic carbocycles. The largest absolute Gasteiger partial charge is 0.457 e. The average molecular weight is 542 g/mol. The smallest absolute Gasteiger partial charge is 0.320 e. The Morgan fingerprint density at radius 1 is 1.07 bits per heavy atom. The quantitative estimate of drug-likeness (QED) is 0.309. The minimum Gasteiger partial charge on any atom is -0.457 e. The highest BCUT2D eigenvalue weighted by atomic mass is 19.1. The predicted octanol–water partition coefficient (Wildman–Crippen LogP) is 5.22. The summed E-state index contributed by atoms with van der Waals surface area (Å²) in [6, 6.07) is 11.7. The second kappa shape index (κ2) is 10.7. The monoisotopic (exact) mass is 541 g/mol. The lowest BCUT2D eigenvalue weighted by Crippen LogP contribution is -2.36. The first-order valence-electron chi connectivity index (χ1n) is 13.1. The fraction of sp³-hybridized carbons (Fsp3) is 0.241. The Morgan fingerprint density at radius 2 is 1.90 bits per heavy atom. The number of hydrogen-bond acceptors (Lipinski definition) is 6. The fourth-order valence-electron chi connectivity index (χ4n) is 5.01. The second-order valence-corrected chi connectivity index (χ2v) is 9.86. The number of ether oxygens (including phenoxy) is 1. The second-order valence-electron chi connectivity index (χ2n) is 9.86. The van der Waals surface area contributed by atoms with Crippen molar-refractivity contribution in [3.63, 3.8) is 0 Å². The highest BCUT2D eigenvalue weighted by Crippen LogP contribution is 2.35.